The van der Waals surface area contributed by atoms with Crippen molar-refractivity contribution in [1.29, 1.82) is 0 Å². The molecule has 0 spiro atoms. The number of urea groups is 1. The zero-order valence-electron chi connectivity index (χ0n) is 11.5. The first kappa shape index (κ1) is 17.4. The molecule has 3 nitrogen and oxygen atoms in total. The summed E-state index contributed by atoms with van der Waals surface area (Å²) in [5, 5.41) is 5.69. The Labute approximate surface area is 140 Å². The van der Waals surface area contributed by atoms with Crippen LogP contribution in [0.15, 0.2) is 42.5 Å². The Kier molecular flexibility index (Phi) is 5.38. The third-order valence-electron chi connectivity index (χ3n) is 2.90. The summed E-state index contributed by atoms with van der Waals surface area (Å²) >= 11 is 11.7. The van der Waals surface area contributed by atoms with Gasteiger partial charge < -0.3 is 10.6 Å². The van der Waals surface area contributed by atoms with Crippen LogP contribution in [-0.4, -0.2) is 6.03 Å². The van der Waals surface area contributed by atoms with Crippen LogP contribution < -0.4 is 10.6 Å². The number of amides is 2. The summed E-state index contributed by atoms with van der Waals surface area (Å²) in [7, 11) is 0. The Morgan fingerprint density at radius 1 is 1.09 bits per heavy atom. The molecule has 0 aliphatic carbocycles. The Balaban J connectivity index is 1.97. The molecule has 0 saturated heterocycles. The quantitative estimate of drug-likeness (QED) is 0.760. The summed E-state index contributed by atoms with van der Waals surface area (Å²) in [6.07, 6.45) is -4.47. The molecule has 0 saturated carbocycles. The minimum Gasteiger partial charge on any atom is -0.334 e. The normalized spacial score (nSPS) is 11.2. The molecule has 2 rings (SSSR count). The van der Waals surface area contributed by atoms with Gasteiger partial charge in [0, 0.05) is 22.3 Å². The zero-order chi connectivity index (χ0) is 17.0. The average molecular weight is 363 g/mol. The second-order valence-electron chi connectivity index (χ2n) is 4.62. The van der Waals surface area contributed by atoms with Crippen LogP contribution in [0.4, 0.5) is 23.7 Å². The summed E-state index contributed by atoms with van der Waals surface area (Å²) < 4.78 is 37.8. The zero-order valence-corrected chi connectivity index (χ0v) is 13.1. The van der Waals surface area contributed by atoms with Gasteiger partial charge in [-0.25, -0.2) is 4.79 Å². The molecule has 122 valence electrons. The average Bonchev–Trinajstić information content (AvgIpc) is 2.45. The predicted molar refractivity (Wildman–Crippen MR) is 83.8 cm³/mol. The van der Waals surface area contributed by atoms with Gasteiger partial charge in [-0.3, -0.25) is 0 Å². The number of hydrogen-bond donors (Lipinski definition) is 2. The molecule has 2 N–H and O–H groups in total. The third kappa shape index (κ3) is 5.04. The fraction of sp³-hybridized carbons (Fsp3) is 0.133. The number of benzene rings is 2. The van der Waals surface area contributed by atoms with Crippen molar-refractivity contribution in [1.82, 2.24) is 5.32 Å². The van der Waals surface area contributed by atoms with Crippen molar-refractivity contribution in [3.8, 4) is 0 Å². The van der Waals surface area contributed by atoms with Crippen molar-refractivity contribution < 1.29 is 18.0 Å². The number of anilines is 1. The predicted octanol–water partition coefficient (Wildman–Crippen LogP) is 5.33. The molecule has 2 amide bonds. The highest BCUT2D eigenvalue weighted by Gasteiger charge is 2.30. The Morgan fingerprint density at radius 2 is 1.83 bits per heavy atom. The van der Waals surface area contributed by atoms with Crippen molar-refractivity contribution in [2.75, 3.05) is 5.32 Å². The highest BCUT2D eigenvalue weighted by molar-refractivity contribution is 6.35. The van der Waals surface area contributed by atoms with E-state index in [2.05, 4.69) is 10.6 Å². The summed E-state index contributed by atoms with van der Waals surface area (Å²) in [5.41, 5.74) is -0.161. The van der Waals surface area contributed by atoms with Crippen LogP contribution in [-0.2, 0) is 12.7 Å². The molecule has 0 aliphatic rings. The lowest BCUT2D eigenvalue weighted by Crippen LogP contribution is -2.28. The number of carbonyl (C=O) groups excluding carboxylic acids is 1. The molecule has 0 aromatic heterocycles. The number of nitrogens with one attached hydrogen (secondary N) is 2. The van der Waals surface area contributed by atoms with Gasteiger partial charge in [-0.05, 0) is 35.9 Å². The van der Waals surface area contributed by atoms with Crippen LogP contribution in [0, 0.1) is 0 Å². The number of alkyl halides is 3. The standard InChI is InChI=1S/C15H11Cl2F3N2O/c16-11-5-4-9(13(17)7-11)8-21-14(23)22-12-3-1-2-10(6-12)15(18,19)20/h1-7H,8H2,(H2,21,22,23). The first-order valence-corrected chi connectivity index (χ1v) is 7.17. The van der Waals surface area contributed by atoms with Gasteiger partial charge in [-0.15, -0.1) is 0 Å². The lowest BCUT2D eigenvalue weighted by molar-refractivity contribution is -0.137. The van der Waals surface area contributed by atoms with E-state index < -0.39 is 17.8 Å². The van der Waals surface area contributed by atoms with Gasteiger partial charge in [0.15, 0.2) is 0 Å². The molecule has 8 heteroatoms. The summed E-state index contributed by atoms with van der Waals surface area (Å²) in [5.74, 6) is 0. The molecule has 0 aliphatic heterocycles. The van der Waals surface area contributed by atoms with E-state index >= 15 is 0 Å². The van der Waals surface area contributed by atoms with Crippen molar-refractivity contribution in [2.24, 2.45) is 0 Å². The minimum atomic E-state index is -4.47. The molecule has 0 fully saturated rings. The van der Waals surface area contributed by atoms with E-state index in [9.17, 15) is 18.0 Å². The topological polar surface area (TPSA) is 41.1 Å². The second kappa shape index (κ2) is 7.10. The highest BCUT2D eigenvalue weighted by atomic mass is 35.5. The van der Waals surface area contributed by atoms with E-state index in [1.165, 1.54) is 18.2 Å². The van der Waals surface area contributed by atoms with Crippen molar-refractivity contribution in [3.05, 3.63) is 63.6 Å². The lowest BCUT2D eigenvalue weighted by atomic mass is 10.2. The number of hydrogen-bond acceptors (Lipinski definition) is 1. The van der Waals surface area contributed by atoms with E-state index in [1.54, 1.807) is 12.1 Å². The Hall–Kier alpha value is -1.92. The summed E-state index contributed by atoms with van der Waals surface area (Å²) in [6.45, 7) is 0.112. The van der Waals surface area contributed by atoms with E-state index in [0.717, 1.165) is 12.1 Å². The molecular weight excluding hydrogens is 352 g/mol. The largest absolute Gasteiger partial charge is 0.416 e. The number of rotatable bonds is 3. The van der Waals surface area contributed by atoms with Crippen LogP contribution in [0.1, 0.15) is 11.1 Å². The SMILES string of the molecule is O=C(NCc1ccc(Cl)cc1Cl)Nc1cccc(C(F)(F)F)c1. The fourth-order valence-electron chi connectivity index (χ4n) is 1.79. The van der Waals surface area contributed by atoms with Gasteiger partial charge >= 0.3 is 12.2 Å². The number of carbonyl (C=O) groups is 1. The Morgan fingerprint density at radius 3 is 2.48 bits per heavy atom. The third-order valence-corrected chi connectivity index (χ3v) is 3.49. The molecule has 0 unspecified atom stereocenters. The summed E-state index contributed by atoms with van der Waals surface area (Å²) in [6, 6.07) is 8.52. The van der Waals surface area contributed by atoms with Gasteiger partial charge in [0.1, 0.15) is 0 Å². The van der Waals surface area contributed by atoms with E-state index in [0.29, 0.717) is 15.6 Å². The molecule has 2 aromatic carbocycles. The highest BCUT2D eigenvalue weighted by Crippen LogP contribution is 2.30. The van der Waals surface area contributed by atoms with Crippen molar-refractivity contribution >= 4 is 34.9 Å². The summed E-state index contributed by atoms with van der Waals surface area (Å²) in [4.78, 5) is 11.8. The molecule has 0 radical (unpaired) electrons. The van der Waals surface area contributed by atoms with E-state index in [1.807, 2.05) is 0 Å². The second-order valence-corrected chi connectivity index (χ2v) is 5.47. The first-order chi connectivity index (χ1) is 10.8. The maximum atomic E-state index is 12.6. The maximum absolute atomic E-state index is 12.6. The maximum Gasteiger partial charge on any atom is 0.416 e. The minimum absolute atomic E-state index is 0.0412. The van der Waals surface area contributed by atoms with Gasteiger partial charge in [-0.1, -0.05) is 35.3 Å². The fourth-order valence-corrected chi connectivity index (χ4v) is 2.26. The molecule has 0 heterocycles. The monoisotopic (exact) mass is 362 g/mol. The van der Waals surface area contributed by atoms with Crippen molar-refractivity contribution in [3.63, 3.8) is 0 Å². The molecule has 23 heavy (non-hydrogen) atoms. The van der Waals surface area contributed by atoms with Crippen molar-refractivity contribution in [2.45, 2.75) is 12.7 Å². The molecular formula is C15H11Cl2F3N2O. The van der Waals surface area contributed by atoms with Crippen LogP contribution >= 0.6 is 23.2 Å². The number of halogens is 5. The first-order valence-electron chi connectivity index (χ1n) is 6.42. The molecule has 0 atom stereocenters. The van der Waals surface area contributed by atoms with Crippen LogP contribution in [0.3, 0.4) is 0 Å². The van der Waals surface area contributed by atoms with Gasteiger partial charge in [0.2, 0.25) is 0 Å². The smallest absolute Gasteiger partial charge is 0.334 e. The van der Waals surface area contributed by atoms with E-state index in [-0.39, 0.29) is 12.2 Å². The van der Waals surface area contributed by atoms with Gasteiger partial charge in [-0.2, -0.15) is 13.2 Å². The lowest BCUT2D eigenvalue weighted by Gasteiger charge is -2.11. The van der Waals surface area contributed by atoms with Crippen LogP contribution in [0.25, 0.3) is 0 Å². The van der Waals surface area contributed by atoms with Gasteiger partial charge in [0.05, 0.1) is 5.56 Å². The molecule has 2 aromatic rings. The van der Waals surface area contributed by atoms with Crippen LogP contribution in [0.2, 0.25) is 10.0 Å². The van der Waals surface area contributed by atoms with Gasteiger partial charge in [0.25, 0.3) is 0 Å². The van der Waals surface area contributed by atoms with E-state index in [4.69, 9.17) is 23.2 Å². The molecule has 0 bridgehead atoms. The Bertz CT molecular complexity index is 720. The van der Waals surface area contributed by atoms with Crippen LogP contribution in [0.5, 0.6) is 0 Å².